The summed E-state index contributed by atoms with van der Waals surface area (Å²) in [5.41, 5.74) is 2.62. The molecule has 0 saturated heterocycles. The lowest BCUT2D eigenvalue weighted by Gasteiger charge is -2.30. The lowest BCUT2D eigenvalue weighted by Crippen LogP contribution is -2.37. The van der Waals surface area contributed by atoms with Crippen LogP contribution in [0.25, 0.3) is 17.6 Å². The molecule has 0 radical (unpaired) electrons. The van der Waals surface area contributed by atoms with Gasteiger partial charge >= 0.3 is 5.97 Å². The number of likely N-dealkylation sites (N-methyl/N-ethyl adjacent to an activating group) is 1. The Morgan fingerprint density at radius 3 is 2.48 bits per heavy atom. The molecule has 5 N–H and O–H groups in total. The van der Waals surface area contributed by atoms with Crippen LogP contribution in [0.2, 0.25) is 0 Å². The van der Waals surface area contributed by atoms with Gasteiger partial charge in [-0.25, -0.2) is 13.2 Å². The smallest absolute Gasteiger partial charge is 0.303 e. The highest BCUT2D eigenvalue weighted by molar-refractivity contribution is 5.91. The number of halogens is 3. The van der Waals surface area contributed by atoms with Crippen LogP contribution in [-0.2, 0) is 4.79 Å². The van der Waals surface area contributed by atoms with E-state index in [1.54, 1.807) is 13.1 Å². The van der Waals surface area contributed by atoms with Crippen molar-refractivity contribution in [2.75, 3.05) is 13.7 Å². The summed E-state index contributed by atoms with van der Waals surface area (Å²) in [6.07, 6.45) is 8.25. The van der Waals surface area contributed by atoms with Crippen LogP contribution in [0.1, 0.15) is 78.2 Å². The number of aromatic amines is 1. The van der Waals surface area contributed by atoms with Gasteiger partial charge in [0.05, 0.1) is 22.8 Å². The number of H-pyrrole nitrogens is 1. The average Bonchev–Trinajstić information content (AvgIpc) is 3.34. The molecule has 10 heteroatoms. The molecule has 2 aliphatic carbocycles. The molecule has 0 spiro atoms. The van der Waals surface area contributed by atoms with E-state index in [0.717, 1.165) is 37.1 Å². The van der Waals surface area contributed by atoms with Crippen LogP contribution in [0.4, 0.5) is 13.2 Å². The zero-order valence-electron chi connectivity index (χ0n) is 24.5. The lowest BCUT2D eigenvalue weighted by atomic mass is 9.91. The molecule has 7 nitrogen and oxygen atoms in total. The van der Waals surface area contributed by atoms with Crippen molar-refractivity contribution in [1.29, 1.82) is 0 Å². The number of aromatic nitrogens is 1. The molecule has 1 aromatic rings. The number of fused-ring (bicyclic) bond motifs is 1. The van der Waals surface area contributed by atoms with E-state index in [-0.39, 0.29) is 36.1 Å². The van der Waals surface area contributed by atoms with Gasteiger partial charge in [0.2, 0.25) is 0 Å². The van der Waals surface area contributed by atoms with Crippen molar-refractivity contribution in [3.05, 3.63) is 53.0 Å². The maximum absolute atomic E-state index is 14.0. The third-order valence-electron chi connectivity index (χ3n) is 6.21. The molecule has 0 amide bonds. The zero-order valence-corrected chi connectivity index (χ0v) is 24.5. The summed E-state index contributed by atoms with van der Waals surface area (Å²) >= 11 is 0. The number of aliphatic imine (C=N–C) groups is 1. The van der Waals surface area contributed by atoms with Crippen LogP contribution >= 0.6 is 0 Å². The normalized spacial score (nSPS) is 20.4. The minimum absolute atomic E-state index is 0.0450. The lowest BCUT2D eigenvalue weighted by molar-refractivity contribution is -0.136. The van der Waals surface area contributed by atoms with Gasteiger partial charge in [0.15, 0.2) is 0 Å². The summed E-state index contributed by atoms with van der Waals surface area (Å²) in [6, 6.07) is 0.153. The Labute approximate surface area is 236 Å². The van der Waals surface area contributed by atoms with Crippen LogP contribution in [0, 0.1) is 0 Å². The molecule has 0 aliphatic heterocycles. The van der Waals surface area contributed by atoms with Gasteiger partial charge in [0.1, 0.15) is 24.5 Å². The average molecular weight is 566 g/mol. The molecule has 3 atom stereocenters. The Morgan fingerprint density at radius 2 is 1.93 bits per heavy atom. The highest BCUT2D eigenvalue weighted by Gasteiger charge is 2.23. The molecule has 40 heavy (non-hydrogen) atoms. The fourth-order valence-corrected chi connectivity index (χ4v) is 4.36. The maximum atomic E-state index is 14.0. The SMILES string of the molecule is C=C(NC1CCCC(N=C(CF)NC(=C)c2c[nH]c3c2=CC(F)CC=3F)C1)/C(=C/C)NC.CCC.CCC(=O)O. The second-order valence-electron chi connectivity index (χ2n) is 9.64. The van der Waals surface area contributed by atoms with Crippen molar-refractivity contribution in [2.45, 2.75) is 90.9 Å². The van der Waals surface area contributed by atoms with Crippen LogP contribution in [-0.4, -0.2) is 53.9 Å². The van der Waals surface area contributed by atoms with Gasteiger partial charge in [-0.15, -0.1) is 0 Å². The standard InChI is InChI=1S/C24H32F3N5.C3H6O2.C3H8/c1-5-22(28-4)15(3)30-17-7-6-8-18(11-17)32-23(12-25)31-14(2)20-13-29-24-19(20)9-16(26)10-21(24)27;1-2-3(4)5;1-3-2/h5,9,13,16-18,28-30H,2-3,6-8,10-12H2,1,4H3,(H,31,32);2H2,1H3,(H,4,5);3H2,1-2H3/b22-5-;;. The third-order valence-corrected chi connectivity index (χ3v) is 6.21. The molecular formula is C30H46F3N5O2. The maximum Gasteiger partial charge on any atom is 0.303 e. The molecule has 224 valence electrons. The Hall–Kier alpha value is -3.43. The van der Waals surface area contributed by atoms with Gasteiger partial charge in [-0.05, 0) is 38.7 Å². The number of allylic oxidation sites excluding steroid dienone is 1. The Bertz CT molecular complexity index is 1170. The van der Waals surface area contributed by atoms with E-state index in [1.807, 2.05) is 20.0 Å². The quantitative estimate of drug-likeness (QED) is 0.165. The molecule has 0 aromatic carbocycles. The number of nitrogens with one attached hydrogen (secondary N) is 4. The van der Waals surface area contributed by atoms with E-state index in [0.29, 0.717) is 16.5 Å². The minimum Gasteiger partial charge on any atom is -0.481 e. The summed E-state index contributed by atoms with van der Waals surface area (Å²) in [7, 11) is 1.85. The molecular weight excluding hydrogens is 519 g/mol. The first-order valence-corrected chi connectivity index (χ1v) is 13.9. The summed E-state index contributed by atoms with van der Waals surface area (Å²) in [5.74, 6) is -1.11. The molecule has 1 aromatic heterocycles. The number of hydrogen-bond donors (Lipinski definition) is 5. The monoisotopic (exact) mass is 565 g/mol. The summed E-state index contributed by atoms with van der Waals surface area (Å²) < 4.78 is 41.6. The van der Waals surface area contributed by atoms with Crippen molar-refractivity contribution in [3.63, 3.8) is 0 Å². The number of rotatable bonds is 9. The number of amidine groups is 1. The van der Waals surface area contributed by atoms with Crippen LogP contribution in [0.5, 0.6) is 0 Å². The first-order chi connectivity index (χ1) is 19.0. The number of carboxylic acid groups (broad SMARTS) is 1. The second kappa shape index (κ2) is 18.0. The second-order valence-corrected chi connectivity index (χ2v) is 9.64. The predicted molar refractivity (Wildman–Crippen MR) is 159 cm³/mol. The summed E-state index contributed by atoms with van der Waals surface area (Å²) in [5, 5.41) is 17.8. The molecule has 3 rings (SSSR count). The zero-order chi connectivity index (χ0) is 30.2. The molecule has 1 saturated carbocycles. The van der Waals surface area contributed by atoms with E-state index in [2.05, 4.69) is 52.9 Å². The summed E-state index contributed by atoms with van der Waals surface area (Å²) in [6.45, 7) is 15.0. The fraction of sp³-hybridized carbons (Fsp3) is 0.533. The van der Waals surface area contributed by atoms with Gasteiger partial charge in [0.25, 0.3) is 0 Å². The van der Waals surface area contributed by atoms with Gasteiger partial charge < -0.3 is 26.0 Å². The largest absolute Gasteiger partial charge is 0.481 e. The number of alkyl halides is 2. The number of nitrogens with zero attached hydrogens (tertiary/aromatic N) is 1. The van der Waals surface area contributed by atoms with E-state index in [1.165, 1.54) is 12.5 Å². The number of carboxylic acids is 1. The van der Waals surface area contributed by atoms with Crippen molar-refractivity contribution < 1.29 is 23.1 Å². The van der Waals surface area contributed by atoms with Crippen LogP contribution < -0.4 is 26.5 Å². The fourth-order valence-electron chi connectivity index (χ4n) is 4.36. The van der Waals surface area contributed by atoms with Gasteiger partial charge in [-0.1, -0.05) is 46.4 Å². The van der Waals surface area contributed by atoms with Crippen LogP contribution in [0.3, 0.4) is 0 Å². The van der Waals surface area contributed by atoms with E-state index >= 15 is 0 Å². The molecule has 1 fully saturated rings. The van der Waals surface area contributed by atoms with Crippen LogP contribution in [0.15, 0.2) is 41.8 Å². The van der Waals surface area contributed by atoms with Crippen molar-refractivity contribution >= 4 is 29.4 Å². The van der Waals surface area contributed by atoms with Crippen molar-refractivity contribution in [3.8, 4) is 0 Å². The van der Waals surface area contributed by atoms with Gasteiger partial charge in [-0.2, -0.15) is 0 Å². The third kappa shape index (κ3) is 11.0. The molecule has 3 unspecified atom stereocenters. The number of carbonyl (C=O) groups is 1. The van der Waals surface area contributed by atoms with Crippen molar-refractivity contribution in [2.24, 2.45) is 4.99 Å². The highest BCUT2D eigenvalue weighted by atomic mass is 19.1. The Balaban J connectivity index is 0.000000884. The van der Waals surface area contributed by atoms with Crippen molar-refractivity contribution in [1.82, 2.24) is 20.9 Å². The number of hydrogen-bond acceptors (Lipinski definition) is 4. The first-order valence-electron chi connectivity index (χ1n) is 13.9. The predicted octanol–water partition coefficient (Wildman–Crippen LogP) is 4.98. The Kier molecular flexibility index (Phi) is 15.6. The van der Waals surface area contributed by atoms with E-state index in [4.69, 9.17) is 5.11 Å². The number of aliphatic carboxylic acids is 1. The summed E-state index contributed by atoms with van der Waals surface area (Å²) in [4.78, 5) is 16.8. The van der Waals surface area contributed by atoms with Gasteiger partial charge in [0, 0.05) is 48.6 Å². The van der Waals surface area contributed by atoms with E-state index < -0.39 is 24.6 Å². The first kappa shape index (κ1) is 34.6. The molecule has 1 heterocycles. The Morgan fingerprint density at radius 1 is 1.27 bits per heavy atom. The molecule has 2 aliphatic rings. The highest BCUT2D eigenvalue weighted by Crippen LogP contribution is 2.23. The molecule has 0 bridgehead atoms. The minimum atomic E-state index is -1.40. The topological polar surface area (TPSA) is 102 Å². The van der Waals surface area contributed by atoms with E-state index in [9.17, 15) is 18.0 Å². The van der Waals surface area contributed by atoms with Gasteiger partial charge in [-0.3, -0.25) is 9.79 Å².